The summed E-state index contributed by atoms with van der Waals surface area (Å²) in [5.74, 6) is -0.129. The maximum Gasteiger partial charge on any atom is 0.165 e. The number of benzene rings is 1. The number of para-hydroxylation sites is 1. The average molecular weight is 316 g/mol. The molecule has 0 bridgehead atoms. The molecule has 0 saturated carbocycles. The van der Waals surface area contributed by atoms with Crippen molar-refractivity contribution in [2.75, 3.05) is 0 Å². The van der Waals surface area contributed by atoms with Crippen molar-refractivity contribution in [2.24, 2.45) is 5.73 Å². The molecule has 2 N–H and O–H groups in total. The monoisotopic (exact) mass is 315 g/mol. The number of rotatable bonds is 4. The Bertz CT molecular complexity index is 515. The molecule has 1 aromatic heterocycles. The Morgan fingerprint density at radius 1 is 1.35 bits per heavy atom. The molecule has 2 rings (SSSR count). The normalized spacial score (nSPS) is 10.5. The molecule has 0 fully saturated rings. The second-order valence-electron chi connectivity index (χ2n) is 3.41. The topological polar surface area (TPSA) is 35.2 Å². The number of halogens is 2. The first-order valence-corrected chi connectivity index (χ1v) is 6.71. The zero-order chi connectivity index (χ0) is 12.3. The van der Waals surface area contributed by atoms with Crippen LogP contribution in [0.2, 0.25) is 0 Å². The van der Waals surface area contributed by atoms with E-state index in [0.717, 1.165) is 9.35 Å². The first-order chi connectivity index (χ1) is 8.22. The molecule has 0 unspecified atom stereocenters. The predicted octanol–water partition coefficient (Wildman–Crippen LogP) is 3.69. The van der Waals surface area contributed by atoms with Gasteiger partial charge in [-0.1, -0.05) is 12.1 Å². The Hall–Kier alpha value is -0.910. The number of hydrogen-bond acceptors (Lipinski definition) is 3. The van der Waals surface area contributed by atoms with Crippen LogP contribution in [0.1, 0.15) is 10.4 Å². The molecule has 0 spiro atoms. The van der Waals surface area contributed by atoms with Crippen molar-refractivity contribution in [2.45, 2.75) is 13.2 Å². The van der Waals surface area contributed by atoms with Gasteiger partial charge in [-0.3, -0.25) is 0 Å². The number of nitrogens with two attached hydrogens (primary N) is 1. The third-order valence-electron chi connectivity index (χ3n) is 2.31. The lowest BCUT2D eigenvalue weighted by atomic mass is 10.2. The molecule has 0 aliphatic carbocycles. The van der Waals surface area contributed by atoms with E-state index < -0.39 is 0 Å². The molecule has 2 aromatic rings. The van der Waals surface area contributed by atoms with E-state index in [2.05, 4.69) is 15.9 Å². The summed E-state index contributed by atoms with van der Waals surface area (Å²) < 4.78 is 20.1. The van der Waals surface area contributed by atoms with E-state index in [1.54, 1.807) is 23.5 Å². The van der Waals surface area contributed by atoms with Crippen LogP contribution < -0.4 is 10.5 Å². The van der Waals surface area contributed by atoms with E-state index in [9.17, 15) is 4.39 Å². The Balaban J connectivity index is 2.16. The molecule has 0 amide bonds. The van der Waals surface area contributed by atoms with Crippen LogP contribution in [0.15, 0.2) is 34.1 Å². The van der Waals surface area contributed by atoms with E-state index in [-0.39, 0.29) is 18.1 Å². The first kappa shape index (κ1) is 12.5. The van der Waals surface area contributed by atoms with Crippen molar-refractivity contribution in [1.82, 2.24) is 0 Å². The second kappa shape index (κ2) is 5.62. The fourth-order valence-corrected chi connectivity index (χ4v) is 2.82. The van der Waals surface area contributed by atoms with Crippen LogP contribution >= 0.6 is 27.3 Å². The Labute approximate surface area is 111 Å². The Morgan fingerprint density at radius 2 is 2.18 bits per heavy atom. The van der Waals surface area contributed by atoms with Crippen molar-refractivity contribution in [3.05, 3.63) is 50.4 Å². The predicted molar refractivity (Wildman–Crippen MR) is 70.6 cm³/mol. The molecule has 5 heteroatoms. The highest BCUT2D eigenvalue weighted by atomic mass is 79.9. The van der Waals surface area contributed by atoms with Gasteiger partial charge in [0.25, 0.3) is 0 Å². The maximum atomic E-state index is 13.6. The van der Waals surface area contributed by atoms with Gasteiger partial charge in [0.2, 0.25) is 0 Å². The summed E-state index contributed by atoms with van der Waals surface area (Å²) in [5.41, 5.74) is 6.22. The van der Waals surface area contributed by atoms with Crippen LogP contribution in [0.3, 0.4) is 0 Å². The van der Waals surface area contributed by atoms with Gasteiger partial charge in [0.15, 0.2) is 11.6 Å². The number of thiophene rings is 1. The fraction of sp³-hybridized carbons (Fsp3) is 0.167. The molecule has 17 heavy (non-hydrogen) atoms. The highest BCUT2D eigenvalue weighted by Gasteiger charge is 2.10. The van der Waals surface area contributed by atoms with Crippen LogP contribution in [0.5, 0.6) is 5.75 Å². The Morgan fingerprint density at radius 3 is 2.82 bits per heavy atom. The highest BCUT2D eigenvalue weighted by Crippen LogP contribution is 2.27. The summed E-state index contributed by atoms with van der Waals surface area (Å²) in [4.78, 5) is 1.02. The molecule has 90 valence electrons. The standard InChI is InChI=1S/C12H11BrFNOS/c13-9-4-5-17-11(9)7-16-12-8(6-15)2-1-3-10(12)14/h1-5H,6-7,15H2. The lowest BCUT2D eigenvalue weighted by Crippen LogP contribution is -2.04. The van der Waals surface area contributed by atoms with Gasteiger partial charge in [-0.25, -0.2) is 4.39 Å². The molecule has 0 radical (unpaired) electrons. The number of hydrogen-bond donors (Lipinski definition) is 1. The van der Waals surface area contributed by atoms with Crippen LogP contribution in [-0.2, 0) is 13.2 Å². The van der Waals surface area contributed by atoms with Crippen LogP contribution in [-0.4, -0.2) is 0 Å². The smallest absolute Gasteiger partial charge is 0.165 e. The lowest BCUT2D eigenvalue weighted by molar-refractivity contribution is 0.289. The zero-order valence-corrected chi connectivity index (χ0v) is 11.4. The van der Waals surface area contributed by atoms with E-state index in [1.165, 1.54) is 6.07 Å². The molecular weight excluding hydrogens is 305 g/mol. The summed E-state index contributed by atoms with van der Waals surface area (Å²) in [6.45, 7) is 0.602. The molecule has 0 atom stereocenters. The largest absolute Gasteiger partial charge is 0.485 e. The van der Waals surface area contributed by atoms with Gasteiger partial charge in [-0.15, -0.1) is 11.3 Å². The summed E-state index contributed by atoms with van der Waals surface area (Å²) in [7, 11) is 0. The zero-order valence-electron chi connectivity index (χ0n) is 8.95. The van der Waals surface area contributed by atoms with Crippen LogP contribution in [0.4, 0.5) is 4.39 Å². The third-order valence-corrected chi connectivity index (χ3v) is 4.21. The third kappa shape index (κ3) is 2.86. The lowest BCUT2D eigenvalue weighted by Gasteiger charge is -2.10. The van der Waals surface area contributed by atoms with Crippen molar-refractivity contribution >= 4 is 27.3 Å². The maximum absolute atomic E-state index is 13.6. The van der Waals surface area contributed by atoms with Gasteiger partial charge in [0.05, 0.1) is 4.88 Å². The van der Waals surface area contributed by atoms with Crippen LogP contribution in [0.25, 0.3) is 0 Å². The van der Waals surface area contributed by atoms with Gasteiger partial charge in [0.1, 0.15) is 6.61 Å². The quantitative estimate of drug-likeness (QED) is 0.934. The van der Waals surface area contributed by atoms with E-state index >= 15 is 0 Å². The van der Waals surface area contributed by atoms with Gasteiger partial charge in [-0.05, 0) is 33.4 Å². The van der Waals surface area contributed by atoms with Crippen LogP contribution in [0, 0.1) is 5.82 Å². The van der Waals surface area contributed by atoms with Crippen molar-refractivity contribution < 1.29 is 9.13 Å². The van der Waals surface area contributed by atoms with Gasteiger partial charge >= 0.3 is 0 Å². The molecular formula is C12H11BrFNOS. The van der Waals surface area contributed by atoms with Gasteiger partial charge in [-0.2, -0.15) is 0 Å². The molecule has 1 aromatic carbocycles. The van der Waals surface area contributed by atoms with Crippen molar-refractivity contribution in [3.63, 3.8) is 0 Å². The van der Waals surface area contributed by atoms with E-state index in [1.807, 2.05) is 11.4 Å². The summed E-state index contributed by atoms with van der Waals surface area (Å²) in [6, 6.07) is 6.71. The summed E-state index contributed by atoms with van der Waals surface area (Å²) >= 11 is 4.97. The minimum Gasteiger partial charge on any atom is -0.485 e. The minimum atomic E-state index is -0.374. The molecule has 2 nitrogen and oxygen atoms in total. The number of ether oxygens (including phenoxy) is 1. The van der Waals surface area contributed by atoms with Gasteiger partial charge in [0, 0.05) is 16.6 Å². The Kier molecular flexibility index (Phi) is 4.15. The first-order valence-electron chi connectivity index (χ1n) is 5.04. The average Bonchev–Trinajstić information content (AvgIpc) is 2.73. The minimum absolute atomic E-state index is 0.246. The second-order valence-corrected chi connectivity index (χ2v) is 5.27. The summed E-state index contributed by atoms with van der Waals surface area (Å²) in [5, 5.41) is 1.95. The van der Waals surface area contributed by atoms with Gasteiger partial charge < -0.3 is 10.5 Å². The SMILES string of the molecule is NCc1cccc(F)c1OCc1sccc1Br. The van der Waals surface area contributed by atoms with Crippen molar-refractivity contribution in [3.8, 4) is 5.75 Å². The molecule has 0 saturated heterocycles. The molecule has 0 aliphatic rings. The van der Waals surface area contributed by atoms with E-state index in [4.69, 9.17) is 10.5 Å². The summed E-state index contributed by atoms with van der Waals surface area (Å²) in [6.07, 6.45) is 0. The van der Waals surface area contributed by atoms with E-state index in [0.29, 0.717) is 12.2 Å². The highest BCUT2D eigenvalue weighted by molar-refractivity contribution is 9.10. The molecule has 1 heterocycles. The van der Waals surface area contributed by atoms with Crippen molar-refractivity contribution in [1.29, 1.82) is 0 Å². The molecule has 0 aliphatic heterocycles. The fourth-order valence-electron chi connectivity index (χ4n) is 1.44.